The fraction of sp³-hybridized carbons (Fsp3) is 0.556. The number of thioether (sulfide) groups is 1. The van der Waals surface area contributed by atoms with Crippen LogP contribution in [0.2, 0.25) is 5.15 Å². The normalized spacial score (nSPS) is 16.8. The van der Waals surface area contributed by atoms with Gasteiger partial charge in [0.15, 0.2) is 5.82 Å². The predicted octanol–water partition coefficient (Wildman–Crippen LogP) is 2.58. The highest BCUT2D eigenvalue weighted by atomic mass is 35.5. The van der Waals surface area contributed by atoms with Crippen LogP contribution in [0.15, 0.2) is 0 Å². The van der Waals surface area contributed by atoms with E-state index >= 15 is 0 Å². The first-order valence-corrected chi connectivity index (χ1v) is 5.91. The molecule has 0 fully saturated rings. The SMILES string of the molecule is COC(C)c1nc(Cl)c2c(n1)CSC2. The molecule has 0 radical (unpaired) electrons. The first-order valence-electron chi connectivity index (χ1n) is 4.38. The molecule has 0 saturated heterocycles. The Hall–Kier alpha value is -0.320. The number of halogens is 1. The molecule has 0 spiro atoms. The van der Waals surface area contributed by atoms with Crippen LogP contribution in [0.1, 0.15) is 30.1 Å². The van der Waals surface area contributed by atoms with Gasteiger partial charge in [-0.05, 0) is 6.92 Å². The molecule has 1 aliphatic heterocycles. The van der Waals surface area contributed by atoms with Gasteiger partial charge in [0.2, 0.25) is 0 Å². The number of hydrogen-bond acceptors (Lipinski definition) is 4. The molecular weight excluding hydrogens is 220 g/mol. The van der Waals surface area contributed by atoms with Crippen LogP contribution < -0.4 is 0 Å². The zero-order valence-electron chi connectivity index (χ0n) is 8.08. The van der Waals surface area contributed by atoms with Crippen molar-refractivity contribution in [3.8, 4) is 0 Å². The maximum Gasteiger partial charge on any atom is 0.158 e. The van der Waals surface area contributed by atoms with Gasteiger partial charge in [-0.15, -0.1) is 0 Å². The summed E-state index contributed by atoms with van der Waals surface area (Å²) in [6.07, 6.45) is -0.0941. The fourth-order valence-corrected chi connectivity index (χ4v) is 2.70. The molecule has 5 heteroatoms. The number of hydrogen-bond donors (Lipinski definition) is 0. The molecule has 2 rings (SSSR count). The van der Waals surface area contributed by atoms with E-state index in [2.05, 4.69) is 9.97 Å². The Kier molecular flexibility index (Phi) is 2.95. The molecule has 1 aromatic rings. The molecule has 0 aromatic carbocycles. The number of nitrogens with zero attached hydrogens (tertiary/aromatic N) is 2. The van der Waals surface area contributed by atoms with E-state index in [1.165, 1.54) is 0 Å². The highest BCUT2D eigenvalue weighted by molar-refractivity contribution is 7.98. The molecule has 3 nitrogen and oxygen atoms in total. The predicted molar refractivity (Wildman–Crippen MR) is 57.5 cm³/mol. The Morgan fingerprint density at radius 3 is 2.93 bits per heavy atom. The van der Waals surface area contributed by atoms with Gasteiger partial charge in [0.05, 0.1) is 5.69 Å². The Labute approximate surface area is 92.2 Å². The van der Waals surface area contributed by atoms with Crippen LogP contribution in [0.4, 0.5) is 0 Å². The number of aromatic nitrogens is 2. The van der Waals surface area contributed by atoms with Crippen LogP contribution in [0.5, 0.6) is 0 Å². The molecule has 1 atom stereocenters. The van der Waals surface area contributed by atoms with E-state index in [4.69, 9.17) is 16.3 Å². The average Bonchev–Trinajstić information content (AvgIpc) is 2.64. The molecule has 14 heavy (non-hydrogen) atoms. The molecule has 0 aliphatic carbocycles. The van der Waals surface area contributed by atoms with Gasteiger partial charge in [-0.25, -0.2) is 9.97 Å². The van der Waals surface area contributed by atoms with Gasteiger partial charge >= 0.3 is 0 Å². The molecule has 0 amide bonds. The van der Waals surface area contributed by atoms with Gasteiger partial charge < -0.3 is 4.74 Å². The third-order valence-electron chi connectivity index (χ3n) is 2.26. The summed E-state index contributed by atoms with van der Waals surface area (Å²) >= 11 is 7.87. The van der Waals surface area contributed by atoms with Crippen LogP contribution in [0, 0.1) is 0 Å². The molecule has 1 unspecified atom stereocenters. The van der Waals surface area contributed by atoms with Crippen LogP contribution in [0.3, 0.4) is 0 Å². The third kappa shape index (κ3) is 1.74. The molecule has 0 saturated carbocycles. The number of ether oxygens (including phenoxy) is 1. The Morgan fingerprint density at radius 2 is 2.21 bits per heavy atom. The molecule has 2 heterocycles. The van der Waals surface area contributed by atoms with Crippen LogP contribution in [-0.2, 0) is 16.2 Å². The second-order valence-electron chi connectivity index (χ2n) is 3.17. The summed E-state index contributed by atoms with van der Waals surface area (Å²) in [5.41, 5.74) is 2.15. The summed E-state index contributed by atoms with van der Waals surface area (Å²) in [6, 6.07) is 0. The molecular formula is C9H11ClN2OS. The van der Waals surface area contributed by atoms with Gasteiger partial charge in [0.1, 0.15) is 11.3 Å². The minimum absolute atomic E-state index is 0.0941. The van der Waals surface area contributed by atoms with Gasteiger partial charge in [-0.3, -0.25) is 0 Å². The highest BCUT2D eigenvalue weighted by Crippen LogP contribution is 2.33. The fourth-order valence-electron chi connectivity index (χ4n) is 1.32. The summed E-state index contributed by atoms with van der Waals surface area (Å²) < 4.78 is 5.16. The van der Waals surface area contributed by atoms with Crippen molar-refractivity contribution >= 4 is 23.4 Å². The molecule has 1 aromatic heterocycles. The van der Waals surface area contributed by atoms with Crippen molar-refractivity contribution in [1.29, 1.82) is 0 Å². The van der Waals surface area contributed by atoms with Crippen molar-refractivity contribution in [3.63, 3.8) is 0 Å². The summed E-state index contributed by atoms with van der Waals surface area (Å²) in [4.78, 5) is 8.68. The third-order valence-corrected chi connectivity index (χ3v) is 3.54. The van der Waals surface area contributed by atoms with Gasteiger partial charge in [-0.2, -0.15) is 11.8 Å². The lowest BCUT2D eigenvalue weighted by atomic mass is 10.2. The highest BCUT2D eigenvalue weighted by Gasteiger charge is 2.20. The van der Waals surface area contributed by atoms with E-state index in [0.717, 1.165) is 22.8 Å². The number of fused-ring (bicyclic) bond motifs is 1. The van der Waals surface area contributed by atoms with Gasteiger partial charge in [-0.1, -0.05) is 11.6 Å². The van der Waals surface area contributed by atoms with E-state index in [9.17, 15) is 0 Å². The Bertz CT molecular complexity index is 359. The zero-order chi connectivity index (χ0) is 10.1. The van der Waals surface area contributed by atoms with Gasteiger partial charge in [0, 0.05) is 24.2 Å². The minimum Gasteiger partial charge on any atom is -0.374 e. The van der Waals surface area contributed by atoms with Crippen molar-refractivity contribution in [3.05, 3.63) is 22.2 Å². The van der Waals surface area contributed by atoms with Crippen LogP contribution >= 0.6 is 23.4 Å². The van der Waals surface area contributed by atoms with E-state index in [1.807, 2.05) is 18.7 Å². The lowest BCUT2D eigenvalue weighted by Crippen LogP contribution is -2.06. The smallest absolute Gasteiger partial charge is 0.158 e. The molecule has 1 aliphatic rings. The largest absolute Gasteiger partial charge is 0.374 e. The zero-order valence-corrected chi connectivity index (χ0v) is 9.65. The first kappa shape index (κ1) is 10.2. The maximum absolute atomic E-state index is 6.06. The standard InChI is InChI=1S/C9H11ClN2OS/c1-5(13-2)9-11-7-4-14-3-6(7)8(10)12-9/h5H,3-4H2,1-2H3. The van der Waals surface area contributed by atoms with E-state index in [1.54, 1.807) is 7.11 Å². The van der Waals surface area contributed by atoms with Crippen molar-refractivity contribution < 1.29 is 4.74 Å². The summed E-state index contributed by atoms with van der Waals surface area (Å²) in [5, 5.41) is 0.582. The lowest BCUT2D eigenvalue weighted by Gasteiger charge is -2.09. The topological polar surface area (TPSA) is 35.0 Å². The number of rotatable bonds is 2. The first-order chi connectivity index (χ1) is 6.72. The van der Waals surface area contributed by atoms with Crippen molar-refractivity contribution in [2.45, 2.75) is 24.5 Å². The Balaban J connectivity index is 2.41. The van der Waals surface area contributed by atoms with E-state index in [-0.39, 0.29) is 6.10 Å². The summed E-state index contributed by atoms with van der Waals surface area (Å²) in [6.45, 7) is 1.92. The molecule has 76 valence electrons. The van der Waals surface area contributed by atoms with Crippen molar-refractivity contribution in [2.75, 3.05) is 7.11 Å². The minimum atomic E-state index is -0.0941. The quantitative estimate of drug-likeness (QED) is 0.732. The lowest BCUT2D eigenvalue weighted by molar-refractivity contribution is 0.112. The monoisotopic (exact) mass is 230 g/mol. The second-order valence-corrected chi connectivity index (χ2v) is 4.51. The van der Waals surface area contributed by atoms with Crippen molar-refractivity contribution in [2.24, 2.45) is 0 Å². The van der Waals surface area contributed by atoms with E-state index < -0.39 is 0 Å². The number of methoxy groups -OCH3 is 1. The summed E-state index contributed by atoms with van der Waals surface area (Å²) in [7, 11) is 1.64. The van der Waals surface area contributed by atoms with Crippen LogP contribution in [-0.4, -0.2) is 17.1 Å². The second kappa shape index (κ2) is 4.04. The summed E-state index contributed by atoms with van der Waals surface area (Å²) in [5.74, 6) is 2.54. The Morgan fingerprint density at radius 1 is 1.43 bits per heavy atom. The van der Waals surface area contributed by atoms with E-state index in [0.29, 0.717) is 11.0 Å². The maximum atomic E-state index is 6.06. The average molecular weight is 231 g/mol. The van der Waals surface area contributed by atoms with Crippen molar-refractivity contribution in [1.82, 2.24) is 9.97 Å². The molecule has 0 bridgehead atoms. The van der Waals surface area contributed by atoms with Crippen LogP contribution in [0.25, 0.3) is 0 Å². The molecule has 0 N–H and O–H groups in total. The van der Waals surface area contributed by atoms with Gasteiger partial charge in [0.25, 0.3) is 0 Å².